The first-order chi connectivity index (χ1) is 9.52. The first-order valence-electron chi connectivity index (χ1n) is 8.01. The summed E-state index contributed by atoms with van der Waals surface area (Å²) in [7, 11) is 2.23. The Kier molecular flexibility index (Phi) is 7.86. The second-order valence-corrected chi connectivity index (χ2v) is 6.31. The number of nitrogens with zero attached hydrogens (tertiary/aromatic N) is 1. The summed E-state index contributed by atoms with van der Waals surface area (Å²) in [5.41, 5.74) is 2.84. The van der Waals surface area contributed by atoms with Crippen LogP contribution in [-0.2, 0) is 13.0 Å². The molecule has 0 aromatic heterocycles. The molecule has 0 spiro atoms. The Hall–Kier alpha value is -0.860. The molecule has 0 saturated carbocycles. The van der Waals surface area contributed by atoms with Crippen LogP contribution in [0.15, 0.2) is 24.3 Å². The summed E-state index contributed by atoms with van der Waals surface area (Å²) in [4.78, 5) is 2.45. The van der Waals surface area contributed by atoms with Crippen molar-refractivity contribution in [1.82, 2.24) is 10.2 Å². The van der Waals surface area contributed by atoms with E-state index >= 15 is 0 Å². The lowest BCUT2D eigenvalue weighted by molar-refractivity contribution is 0.220. The van der Waals surface area contributed by atoms with Gasteiger partial charge in [0.15, 0.2) is 0 Å². The number of benzene rings is 1. The minimum absolute atomic E-state index is 0.642. The van der Waals surface area contributed by atoms with E-state index in [1.165, 1.54) is 17.5 Å². The van der Waals surface area contributed by atoms with Gasteiger partial charge in [0.2, 0.25) is 0 Å². The molecule has 1 aromatic carbocycles. The maximum absolute atomic E-state index is 3.37. The number of rotatable bonds is 9. The molecule has 1 N–H and O–H groups in total. The Bertz CT molecular complexity index is 356. The molecule has 1 aromatic rings. The van der Waals surface area contributed by atoms with Crippen molar-refractivity contribution in [1.29, 1.82) is 0 Å². The van der Waals surface area contributed by atoms with Gasteiger partial charge in [0, 0.05) is 12.6 Å². The Labute approximate surface area is 125 Å². The van der Waals surface area contributed by atoms with Crippen molar-refractivity contribution in [3.63, 3.8) is 0 Å². The van der Waals surface area contributed by atoms with Gasteiger partial charge in [-0.15, -0.1) is 0 Å². The molecule has 1 unspecified atom stereocenters. The van der Waals surface area contributed by atoms with Crippen molar-refractivity contribution in [3.05, 3.63) is 35.4 Å². The predicted octanol–water partition coefficient (Wildman–Crippen LogP) is 3.71. The van der Waals surface area contributed by atoms with Crippen molar-refractivity contribution in [2.75, 3.05) is 20.1 Å². The average Bonchev–Trinajstić information content (AvgIpc) is 2.40. The van der Waals surface area contributed by atoms with Crippen molar-refractivity contribution in [3.8, 4) is 0 Å². The summed E-state index contributed by atoms with van der Waals surface area (Å²) < 4.78 is 0. The van der Waals surface area contributed by atoms with E-state index < -0.39 is 0 Å². The van der Waals surface area contributed by atoms with Gasteiger partial charge in [-0.05, 0) is 56.9 Å². The molecule has 1 rings (SSSR count). The van der Waals surface area contributed by atoms with Crippen LogP contribution < -0.4 is 5.32 Å². The van der Waals surface area contributed by atoms with Crippen LogP contribution in [0, 0.1) is 5.92 Å². The molecule has 2 nitrogen and oxygen atoms in total. The smallest absolute Gasteiger partial charge is 0.0233 e. The van der Waals surface area contributed by atoms with Gasteiger partial charge < -0.3 is 5.32 Å². The molecule has 0 heterocycles. The quantitative estimate of drug-likeness (QED) is 0.692. The first kappa shape index (κ1) is 17.2. The molecule has 114 valence electrons. The lowest BCUT2D eigenvalue weighted by Gasteiger charge is -2.26. The second kappa shape index (κ2) is 9.15. The van der Waals surface area contributed by atoms with Crippen LogP contribution in [0.4, 0.5) is 0 Å². The standard InChI is InChI=1S/C18H32N2/c1-6-19-12-11-17-7-9-18(10-8-17)14-20(5)16(4)13-15(2)3/h7-10,15-16,19H,6,11-14H2,1-5H3. The lowest BCUT2D eigenvalue weighted by atomic mass is 10.0. The van der Waals surface area contributed by atoms with Crippen LogP contribution in [0.5, 0.6) is 0 Å². The van der Waals surface area contributed by atoms with E-state index in [9.17, 15) is 0 Å². The van der Waals surface area contributed by atoms with Crippen molar-refractivity contribution in [2.45, 2.75) is 53.1 Å². The summed E-state index contributed by atoms with van der Waals surface area (Å²) in [6.45, 7) is 12.2. The molecule has 2 heteroatoms. The van der Waals surface area contributed by atoms with Gasteiger partial charge in [-0.2, -0.15) is 0 Å². The normalized spacial score (nSPS) is 13.2. The fourth-order valence-corrected chi connectivity index (χ4v) is 2.53. The monoisotopic (exact) mass is 276 g/mol. The molecule has 0 radical (unpaired) electrons. The molecule has 0 aliphatic rings. The topological polar surface area (TPSA) is 15.3 Å². The fraction of sp³-hybridized carbons (Fsp3) is 0.667. The van der Waals surface area contributed by atoms with Crippen LogP contribution in [0.25, 0.3) is 0 Å². The van der Waals surface area contributed by atoms with Crippen LogP contribution in [-0.4, -0.2) is 31.1 Å². The third-order valence-electron chi connectivity index (χ3n) is 3.86. The van der Waals surface area contributed by atoms with Gasteiger partial charge in [0.05, 0.1) is 0 Å². The van der Waals surface area contributed by atoms with E-state index in [1.54, 1.807) is 0 Å². The zero-order valence-corrected chi connectivity index (χ0v) is 13.9. The minimum Gasteiger partial charge on any atom is -0.317 e. The van der Waals surface area contributed by atoms with E-state index in [0.29, 0.717) is 6.04 Å². The van der Waals surface area contributed by atoms with Crippen molar-refractivity contribution >= 4 is 0 Å². The highest BCUT2D eigenvalue weighted by Gasteiger charge is 2.11. The molecule has 0 amide bonds. The summed E-state index contributed by atoms with van der Waals surface area (Å²) in [5.74, 6) is 0.765. The maximum atomic E-state index is 3.37. The second-order valence-electron chi connectivity index (χ2n) is 6.31. The number of nitrogens with one attached hydrogen (secondary N) is 1. The molecule has 0 aliphatic heterocycles. The number of hydrogen-bond donors (Lipinski definition) is 1. The molecule has 0 fully saturated rings. The van der Waals surface area contributed by atoms with Gasteiger partial charge in [-0.3, -0.25) is 4.90 Å². The fourth-order valence-electron chi connectivity index (χ4n) is 2.53. The Morgan fingerprint density at radius 3 is 2.20 bits per heavy atom. The van der Waals surface area contributed by atoms with Gasteiger partial charge in [-0.1, -0.05) is 45.0 Å². The van der Waals surface area contributed by atoms with E-state index in [1.807, 2.05) is 0 Å². The molecular weight excluding hydrogens is 244 g/mol. The number of hydrogen-bond acceptors (Lipinski definition) is 2. The molecule has 0 bridgehead atoms. The van der Waals surface area contributed by atoms with Crippen LogP contribution in [0.1, 0.15) is 45.2 Å². The molecule has 0 aliphatic carbocycles. The average molecular weight is 276 g/mol. The maximum Gasteiger partial charge on any atom is 0.0233 e. The van der Waals surface area contributed by atoms with Gasteiger partial charge in [-0.25, -0.2) is 0 Å². The third-order valence-corrected chi connectivity index (χ3v) is 3.86. The minimum atomic E-state index is 0.642. The Balaban J connectivity index is 2.44. The van der Waals surface area contributed by atoms with Gasteiger partial charge in [0.25, 0.3) is 0 Å². The highest BCUT2D eigenvalue weighted by atomic mass is 15.1. The van der Waals surface area contributed by atoms with Gasteiger partial charge in [0.1, 0.15) is 0 Å². The van der Waals surface area contributed by atoms with Crippen molar-refractivity contribution in [2.24, 2.45) is 5.92 Å². The van der Waals surface area contributed by atoms with E-state index in [4.69, 9.17) is 0 Å². The summed E-state index contributed by atoms with van der Waals surface area (Å²) in [5, 5.41) is 3.37. The molecule has 20 heavy (non-hydrogen) atoms. The van der Waals surface area contributed by atoms with Crippen LogP contribution in [0.2, 0.25) is 0 Å². The summed E-state index contributed by atoms with van der Waals surface area (Å²) in [6, 6.07) is 9.74. The van der Waals surface area contributed by atoms with Crippen molar-refractivity contribution < 1.29 is 0 Å². The predicted molar refractivity (Wildman–Crippen MR) is 89.1 cm³/mol. The molecule has 0 saturated heterocycles. The largest absolute Gasteiger partial charge is 0.317 e. The summed E-state index contributed by atoms with van der Waals surface area (Å²) in [6.07, 6.45) is 2.38. The van der Waals surface area contributed by atoms with Gasteiger partial charge >= 0.3 is 0 Å². The highest BCUT2D eigenvalue weighted by Crippen LogP contribution is 2.13. The Morgan fingerprint density at radius 1 is 1.05 bits per heavy atom. The van der Waals surface area contributed by atoms with Crippen LogP contribution in [0.3, 0.4) is 0 Å². The lowest BCUT2D eigenvalue weighted by Crippen LogP contribution is -2.29. The highest BCUT2D eigenvalue weighted by molar-refractivity contribution is 5.22. The van der Waals surface area contributed by atoms with E-state index in [2.05, 4.69) is 69.2 Å². The van der Waals surface area contributed by atoms with Crippen LogP contribution >= 0.6 is 0 Å². The Morgan fingerprint density at radius 2 is 1.65 bits per heavy atom. The zero-order valence-electron chi connectivity index (χ0n) is 13.9. The SMILES string of the molecule is CCNCCc1ccc(CN(C)C(C)CC(C)C)cc1. The van der Waals surface area contributed by atoms with E-state index in [0.717, 1.165) is 32.0 Å². The molecular formula is C18H32N2. The number of likely N-dealkylation sites (N-methyl/N-ethyl adjacent to an activating group) is 1. The third kappa shape index (κ3) is 6.53. The first-order valence-corrected chi connectivity index (χ1v) is 8.01. The van der Waals surface area contributed by atoms with E-state index in [-0.39, 0.29) is 0 Å². The molecule has 1 atom stereocenters. The summed E-state index contributed by atoms with van der Waals surface area (Å²) >= 11 is 0. The zero-order chi connectivity index (χ0) is 15.0.